The van der Waals surface area contributed by atoms with Crippen molar-refractivity contribution in [3.8, 4) is 0 Å². The van der Waals surface area contributed by atoms with Crippen LogP contribution < -0.4 is 0 Å². The second-order valence-corrected chi connectivity index (χ2v) is 5.04. The van der Waals surface area contributed by atoms with Crippen molar-refractivity contribution in [2.75, 3.05) is 19.8 Å². The van der Waals surface area contributed by atoms with E-state index in [1.807, 2.05) is 0 Å². The summed E-state index contributed by atoms with van der Waals surface area (Å²) in [5.41, 5.74) is 1.08. The summed E-state index contributed by atoms with van der Waals surface area (Å²) in [5.74, 6) is -0.927. The zero-order valence-corrected chi connectivity index (χ0v) is 10.3. The summed E-state index contributed by atoms with van der Waals surface area (Å²) in [5, 5.41) is 9.78. The first kappa shape index (κ1) is 11.6. The van der Waals surface area contributed by atoms with E-state index in [9.17, 15) is 4.79 Å². The molecule has 1 aliphatic rings. The topological polar surface area (TPSA) is 68.7 Å². The predicted octanol–water partition coefficient (Wildman–Crippen LogP) is 2.08. The molecule has 1 aromatic heterocycles. The van der Waals surface area contributed by atoms with E-state index in [0.717, 1.165) is 15.2 Å². The fourth-order valence-corrected chi connectivity index (χ4v) is 2.88. The van der Waals surface area contributed by atoms with E-state index in [1.54, 1.807) is 18.2 Å². The van der Waals surface area contributed by atoms with Crippen LogP contribution in [0.5, 0.6) is 0 Å². The van der Waals surface area contributed by atoms with Gasteiger partial charge in [-0.05, 0) is 18.2 Å². The largest absolute Gasteiger partial charge is 0.478 e. The number of nitrogens with zero attached hydrogens (tertiary/aromatic N) is 1. The number of carbonyl (C=O) groups is 1. The van der Waals surface area contributed by atoms with E-state index in [4.69, 9.17) is 14.6 Å². The first-order valence-electron chi connectivity index (χ1n) is 5.57. The van der Waals surface area contributed by atoms with Gasteiger partial charge in [-0.25, -0.2) is 9.78 Å². The van der Waals surface area contributed by atoms with E-state index >= 15 is 0 Å². The number of aromatic nitrogens is 1. The lowest BCUT2D eigenvalue weighted by Crippen LogP contribution is -2.21. The van der Waals surface area contributed by atoms with Gasteiger partial charge in [-0.3, -0.25) is 0 Å². The van der Waals surface area contributed by atoms with E-state index in [2.05, 4.69) is 4.98 Å². The monoisotopic (exact) mass is 265 g/mol. The number of carboxylic acid groups (broad SMARTS) is 1. The smallest absolute Gasteiger partial charge is 0.335 e. The predicted molar refractivity (Wildman–Crippen MR) is 66.1 cm³/mol. The van der Waals surface area contributed by atoms with Crippen molar-refractivity contribution in [2.45, 2.75) is 6.10 Å². The SMILES string of the molecule is O=C(O)c1ccc2nc(C3COCCO3)sc2c1. The van der Waals surface area contributed by atoms with E-state index in [-0.39, 0.29) is 11.7 Å². The lowest BCUT2D eigenvalue weighted by atomic mass is 10.2. The Morgan fingerprint density at radius 3 is 3.06 bits per heavy atom. The van der Waals surface area contributed by atoms with Crippen LogP contribution in [0.4, 0.5) is 0 Å². The van der Waals surface area contributed by atoms with Gasteiger partial charge in [-0.2, -0.15) is 0 Å². The minimum absolute atomic E-state index is 0.135. The number of thiazole rings is 1. The molecule has 0 spiro atoms. The lowest BCUT2D eigenvalue weighted by molar-refractivity contribution is -0.0901. The summed E-state index contributed by atoms with van der Waals surface area (Å²) in [6.07, 6.45) is -0.135. The second-order valence-electron chi connectivity index (χ2n) is 3.97. The molecule has 1 aromatic carbocycles. The van der Waals surface area contributed by atoms with Gasteiger partial charge in [-0.15, -0.1) is 11.3 Å². The van der Waals surface area contributed by atoms with Crippen LogP contribution in [0.15, 0.2) is 18.2 Å². The van der Waals surface area contributed by atoms with Gasteiger partial charge in [0, 0.05) is 0 Å². The van der Waals surface area contributed by atoms with Crippen molar-refractivity contribution in [3.05, 3.63) is 28.8 Å². The standard InChI is InChI=1S/C12H11NO4S/c14-12(15)7-1-2-8-10(5-7)18-11(13-8)9-6-16-3-4-17-9/h1-2,5,9H,3-4,6H2,(H,14,15). The average molecular weight is 265 g/mol. The van der Waals surface area contributed by atoms with E-state index < -0.39 is 5.97 Å². The molecular formula is C12H11NO4S. The first-order valence-corrected chi connectivity index (χ1v) is 6.39. The molecule has 1 N–H and O–H groups in total. The first-order chi connectivity index (χ1) is 8.74. The van der Waals surface area contributed by atoms with Crippen LogP contribution in [-0.2, 0) is 9.47 Å². The molecule has 1 atom stereocenters. The zero-order chi connectivity index (χ0) is 12.5. The zero-order valence-electron chi connectivity index (χ0n) is 9.46. The minimum atomic E-state index is -0.927. The summed E-state index contributed by atoms with van der Waals surface area (Å²) in [6, 6.07) is 4.93. The van der Waals surface area contributed by atoms with Gasteiger partial charge >= 0.3 is 5.97 Å². The third-order valence-corrected chi connectivity index (χ3v) is 3.85. The van der Waals surface area contributed by atoms with Gasteiger partial charge < -0.3 is 14.6 Å². The van der Waals surface area contributed by atoms with Crippen molar-refractivity contribution in [1.29, 1.82) is 0 Å². The molecule has 3 rings (SSSR count). The molecule has 6 heteroatoms. The van der Waals surface area contributed by atoms with Gasteiger partial charge in [-0.1, -0.05) is 0 Å². The van der Waals surface area contributed by atoms with Gasteiger partial charge in [0.05, 0.1) is 35.6 Å². The Bertz CT molecular complexity index is 589. The molecule has 2 aromatic rings. The number of ether oxygens (including phenoxy) is 2. The van der Waals surface area contributed by atoms with Crippen LogP contribution >= 0.6 is 11.3 Å². The highest BCUT2D eigenvalue weighted by Gasteiger charge is 2.20. The number of carboxylic acids is 1. The Morgan fingerprint density at radius 2 is 2.33 bits per heavy atom. The van der Waals surface area contributed by atoms with Crippen LogP contribution in [0, 0.1) is 0 Å². The fraction of sp³-hybridized carbons (Fsp3) is 0.333. The summed E-state index contributed by atoms with van der Waals surface area (Å²) in [4.78, 5) is 15.4. The summed E-state index contributed by atoms with van der Waals surface area (Å²) >= 11 is 1.46. The quantitative estimate of drug-likeness (QED) is 0.900. The molecule has 18 heavy (non-hydrogen) atoms. The molecule has 5 nitrogen and oxygen atoms in total. The van der Waals surface area contributed by atoms with Crippen molar-refractivity contribution in [1.82, 2.24) is 4.98 Å². The molecule has 1 saturated heterocycles. The Kier molecular flexibility index (Phi) is 2.99. The van der Waals surface area contributed by atoms with Gasteiger partial charge in [0.15, 0.2) is 0 Å². The van der Waals surface area contributed by atoms with Gasteiger partial charge in [0.25, 0.3) is 0 Å². The molecule has 1 fully saturated rings. The fourth-order valence-electron chi connectivity index (χ4n) is 1.84. The number of hydrogen-bond donors (Lipinski definition) is 1. The highest BCUT2D eigenvalue weighted by Crippen LogP contribution is 2.30. The van der Waals surface area contributed by atoms with Crippen molar-refractivity contribution in [3.63, 3.8) is 0 Å². The summed E-state index contributed by atoms with van der Waals surface area (Å²) < 4.78 is 11.8. The third-order valence-electron chi connectivity index (χ3n) is 2.74. The molecule has 0 saturated carbocycles. The van der Waals surface area contributed by atoms with Crippen molar-refractivity contribution < 1.29 is 19.4 Å². The average Bonchev–Trinajstić information content (AvgIpc) is 2.82. The molecule has 0 bridgehead atoms. The van der Waals surface area contributed by atoms with E-state index in [0.29, 0.717) is 19.8 Å². The molecule has 0 radical (unpaired) electrons. The molecule has 0 aliphatic carbocycles. The molecule has 0 amide bonds. The highest BCUT2D eigenvalue weighted by atomic mass is 32.1. The van der Waals surface area contributed by atoms with Crippen LogP contribution in [0.25, 0.3) is 10.2 Å². The maximum absolute atomic E-state index is 10.9. The minimum Gasteiger partial charge on any atom is -0.478 e. The number of aromatic carboxylic acids is 1. The Hall–Kier alpha value is -1.50. The Morgan fingerprint density at radius 1 is 1.44 bits per heavy atom. The van der Waals surface area contributed by atoms with Crippen molar-refractivity contribution >= 4 is 27.5 Å². The molecule has 1 aliphatic heterocycles. The number of fused-ring (bicyclic) bond motifs is 1. The molecule has 2 heterocycles. The molecular weight excluding hydrogens is 254 g/mol. The lowest BCUT2D eigenvalue weighted by Gasteiger charge is -2.20. The normalized spacial score (nSPS) is 20.1. The van der Waals surface area contributed by atoms with Crippen LogP contribution in [0.3, 0.4) is 0 Å². The van der Waals surface area contributed by atoms with Gasteiger partial charge in [0.2, 0.25) is 0 Å². The summed E-state index contributed by atoms with van der Waals surface area (Å²) in [6.45, 7) is 1.69. The Balaban J connectivity index is 1.97. The molecule has 94 valence electrons. The van der Waals surface area contributed by atoms with Crippen LogP contribution in [0.2, 0.25) is 0 Å². The van der Waals surface area contributed by atoms with Crippen LogP contribution in [-0.4, -0.2) is 35.9 Å². The van der Waals surface area contributed by atoms with Gasteiger partial charge in [0.1, 0.15) is 11.1 Å². The third kappa shape index (κ3) is 2.10. The number of hydrogen-bond acceptors (Lipinski definition) is 5. The second kappa shape index (κ2) is 4.64. The highest BCUT2D eigenvalue weighted by molar-refractivity contribution is 7.18. The van der Waals surface area contributed by atoms with Crippen LogP contribution in [0.1, 0.15) is 21.5 Å². The number of benzene rings is 1. The summed E-state index contributed by atoms with van der Waals surface area (Å²) in [7, 11) is 0. The van der Waals surface area contributed by atoms with Crippen molar-refractivity contribution in [2.24, 2.45) is 0 Å². The molecule has 1 unspecified atom stereocenters. The Labute approximate surface area is 107 Å². The van der Waals surface area contributed by atoms with E-state index in [1.165, 1.54) is 11.3 Å². The maximum atomic E-state index is 10.9. The number of rotatable bonds is 2. The maximum Gasteiger partial charge on any atom is 0.335 e.